The van der Waals surface area contributed by atoms with Crippen LogP contribution in [0.1, 0.15) is 18.9 Å². The Kier molecular flexibility index (Phi) is 4.74. The van der Waals surface area contributed by atoms with Crippen LogP contribution >= 0.6 is 11.8 Å². The standard InChI is InChI=1S/C14H20N2O2S/c1-9-7-10(5-6-19-14(15)16)12-4-3-11(17-2)8-13(12)18-9/h3-5,8-9,14H,6-7,15-16H2,1-2H3/b10-5-/t9-/m0/s1. The minimum absolute atomic E-state index is 0.169. The van der Waals surface area contributed by atoms with Crippen molar-refractivity contribution in [3.05, 3.63) is 29.8 Å². The molecule has 0 saturated carbocycles. The fourth-order valence-corrected chi connectivity index (χ4v) is 2.64. The second-order valence-corrected chi connectivity index (χ2v) is 5.73. The van der Waals surface area contributed by atoms with E-state index in [-0.39, 0.29) is 11.6 Å². The van der Waals surface area contributed by atoms with Crippen molar-refractivity contribution in [2.24, 2.45) is 11.5 Å². The molecular formula is C14H20N2O2S. The lowest BCUT2D eigenvalue weighted by Crippen LogP contribution is -2.26. The van der Waals surface area contributed by atoms with Crippen molar-refractivity contribution in [3.63, 3.8) is 0 Å². The van der Waals surface area contributed by atoms with E-state index in [4.69, 9.17) is 20.9 Å². The van der Waals surface area contributed by atoms with Crippen LogP contribution in [0.4, 0.5) is 0 Å². The predicted molar refractivity (Wildman–Crippen MR) is 80.3 cm³/mol. The molecule has 0 unspecified atom stereocenters. The van der Waals surface area contributed by atoms with Crippen molar-refractivity contribution in [1.82, 2.24) is 0 Å². The quantitative estimate of drug-likeness (QED) is 0.827. The van der Waals surface area contributed by atoms with E-state index in [0.29, 0.717) is 0 Å². The van der Waals surface area contributed by atoms with E-state index in [1.54, 1.807) is 7.11 Å². The van der Waals surface area contributed by atoms with E-state index < -0.39 is 0 Å². The normalized spacial score (nSPS) is 20.3. The van der Waals surface area contributed by atoms with Crippen LogP contribution in [0.5, 0.6) is 11.5 Å². The number of nitrogens with two attached hydrogens (primary N) is 2. The largest absolute Gasteiger partial charge is 0.497 e. The summed E-state index contributed by atoms with van der Waals surface area (Å²) in [6, 6.07) is 5.92. The molecule has 4 N–H and O–H groups in total. The zero-order valence-electron chi connectivity index (χ0n) is 11.3. The molecule has 1 aromatic rings. The average molecular weight is 280 g/mol. The summed E-state index contributed by atoms with van der Waals surface area (Å²) in [5.74, 6) is 2.50. The van der Waals surface area contributed by atoms with Gasteiger partial charge >= 0.3 is 0 Å². The minimum atomic E-state index is -0.329. The third-order valence-electron chi connectivity index (χ3n) is 2.99. The Morgan fingerprint density at radius 2 is 2.32 bits per heavy atom. The summed E-state index contributed by atoms with van der Waals surface area (Å²) in [5, 5.41) is 0. The molecule has 1 atom stereocenters. The fourth-order valence-electron chi connectivity index (χ4n) is 2.12. The highest BCUT2D eigenvalue weighted by atomic mass is 32.2. The van der Waals surface area contributed by atoms with Crippen LogP contribution in [0.15, 0.2) is 24.3 Å². The fraction of sp³-hybridized carbons (Fsp3) is 0.429. The number of fused-ring (bicyclic) bond motifs is 1. The highest BCUT2D eigenvalue weighted by Gasteiger charge is 2.20. The third kappa shape index (κ3) is 3.65. The Balaban J connectivity index is 2.23. The molecule has 0 bridgehead atoms. The van der Waals surface area contributed by atoms with Crippen molar-refractivity contribution < 1.29 is 9.47 Å². The van der Waals surface area contributed by atoms with Gasteiger partial charge in [0.2, 0.25) is 0 Å². The van der Waals surface area contributed by atoms with E-state index in [1.807, 2.05) is 18.2 Å². The van der Waals surface area contributed by atoms with Gasteiger partial charge in [-0.2, -0.15) is 0 Å². The Morgan fingerprint density at radius 3 is 3.00 bits per heavy atom. The summed E-state index contributed by atoms with van der Waals surface area (Å²) in [6.45, 7) is 2.07. The highest BCUT2D eigenvalue weighted by molar-refractivity contribution is 7.99. The molecule has 2 rings (SSSR count). The topological polar surface area (TPSA) is 70.5 Å². The number of ether oxygens (including phenoxy) is 2. The first-order valence-electron chi connectivity index (χ1n) is 6.27. The van der Waals surface area contributed by atoms with Gasteiger partial charge in [0.05, 0.1) is 13.2 Å². The van der Waals surface area contributed by atoms with E-state index in [1.165, 1.54) is 17.3 Å². The van der Waals surface area contributed by atoms with Crippen LogP contribution in [0.25, 0.3) is 5.57 Å². The summed E-state index contributed by atoms with van der Waals surface area (Å²) >= 11 is 1.52. The van der Waals surface area contributed by atoms with Crippen molar-refractivity contribution in [2.75, 3.05) is 12.9 Å². The summed E-state index contributed by atoms with van der Waals surface area (Å²) in [6.07, 6.45) is 3.25. The van der Waals surface area contributed by atoms with Gasteiger partial charge in [0.25, 0.3) is 0 Å². The van der Waals surface area contributed by atoms with Gasteiger partial charge < -0.3 is 20.9 Å². The smallest absolute Gasteiger partial charge is 0.130 e. The van der Waals surface area contributed by atoms with Crippen LogP contribution < -0.4 is 20.9 Å². The zero-order chi connectivity index (χ0) is 13.8. The van der Waals surface area contributed by atoms with Crippen LogP contribution in [-0.2, 0) is 0 Å². The van der Waals surface area contributed by atoms with Gasteiger partial charge in [-0.3, -0.25) is 0 Å². The molecule has 1 aromatic carbocycles. The lowest BCUT2D eigenvalue weighted by molar-refractivity contribution is 0.217. The Hall–Kier alpha value is -1.17. The van der Waals surface area contributed by atoms with E-state index in [2.05, 4.69) is 13.0 Å². The Labute approximate surface area is 118 Å². The van der Waals surface area contributed by atoms with Gasteiger partial charge in [-0.25, -0.2) is 0 Å². The molecule has 0 aliphatic carbocycles. The summed E-state index contributed by atoms with van der Waals surface area (Å²) in [4.78, 5) is 0. The SMILES string of the molecule is COc1ccc2c(c1)O[C@@H](C)C/C2=C/CSC(N)N. The molecule has 0 aromatic heterocycles. The average Bonchev–Trinajstić information content (AvgIpc) is 2.37. The summed E-state index contributed by atoms with van der Waals surface area (Å²) < 4.78 is 11.1. The minimum Gasteiger partial charge on any atom is -0.497 e. The molecule has 0 spiro atoms. The third-order valence-corrected chi connectivity index (χ3v) is 3.73. The van der Waals surface area contributed by atoms with Crippen molar-refractivity contribution in [2.45, 2.75) is 24.9 Å². The number of rotatable bonds is 4. The molecule has 0 radical (unpaired) electrons. The predicted octanol–water partition coefficient (Wildman–Crippen LogP) is 2.18. The summed E-state index contributed by atoms with van der Waals surface area (Å²) in [7, 11) is 1.66. The second kappa shape index (κ2) is 6.32. The monoisotopic (exact) mass is 280 g/mol. The number of thioether (sulfide) groups is 1. The lowest BCUT2D eigenvalue weighted by Gasteiger charge is -2.26. The first-order valence-corrected chi connectivity index (χ1v) is 7.32. The van der Waals surface area contributed by atoms with E-state index in [9.17, 15) is 0 Å². The van der Waals surface area contributed by atoms with Crippen molar-refractivity contribution >= 4 is 17.3 Å². The van der Waals surface area contributed by atoms with Crippen molar-refractivity contribution in [1.29, 1.82) is 0 Å². The van der Waals surface area contributed by atoms with Crippen LogP contribution in [0.3, 0.4) is 0 Å². The van der Waals surface area contributed by atoms with Crippen LogP contribution in [0, 0.1) is 0 Å². The molecule has 4 nitrogen and oxygen atoms in total. The molecule has 0 fully saturated rings. The summed E-state index contributed by atoms with van der Waals surface area (Å²) in [5.41, 5.74) is 13.2. The molecule has 0 saturated heterocycles. The Bertz CT molecular complexity index is 475. The van der Waals surface area contributed by atoms with Gasteiger partial charge in [0, 0.05) is 23.8 Å². The van der Waals surface area contributed by atoms with Crippen LogP contribution in [0.2, 0.25) is 0 Å². The van der Waals surface area contributed by atoms with Crippen LogP contribution in [-0.4, -0.2) is 24.5 Å². The van der Waals surface area contributed by atoms with Gasteiger partial charge in [0.15, 0.2) is 0 Å². The number of benzene rings is 1. The van der Waals surface area contributed by atoms with Gasteiger partial charge in [0.1, 0.15) is 17.0 Å². The molecule has 1 aliphatic heterocycles. The molecular weight excluding hydrogens is 260 g/mol. The Morgan fingerprint density at radius 1 is 1.53 bits per heavy atom. The molecule has 0 amide bonds. The number of hydrogen-bond acceptors (Lipinski definition) is 5. The maximum absolute atomic E-state index is 5.85. The van der Waals surface area contributed by atoms with Gasteiger partial charge in [-0.15, -0.1) is 11.8 Å². The second-order valence-electron chi connectivity index (χ2n) is 4.52. The lowest BCUT2D eigenvalue weighted by atomic mass is 9.96. The van der Waals surface area contributed by atoms with Gasteiger partial charge in [-0.05, 0) is 24.6 Å². The molecule has 5 heteroatoms. The van der Waals surface area contributed by atoms with Gasteiger partial charge in [-0.1, -0.05) is 6.08 Å². The maximum Gasteiger partial charge on any atom is 0.130 e. The first-order chi connectivity index (χ1) is 9.10. The molecule has 104 valence electrons. The number of hydrogen-bond donors (Lipinski definition) is 2. The number of methoxy groups -OCH3 is 1. The molecule has 1 aliphatic rings. The zero-order valence-corrected chi connectivity index (χ0v) is 12.1. The first kappa shape index (κ1) is 14.2. The van der Waals surface area contributed by atoms with Crippen molar-refractivity contribution in [3.8, 4) is 11.5 Å². The highest BCUT2D eigenvalue weighted by Crippen LogP contribution is 2.38. The maximum atomic E-state index is 5.85. The van der Waals surface area contributed by atoms with E-state index >= 15 is 0 Å². The molecule has 1 heterocycles. The van der Waals surface area contributed by atoms with E-state index in [0.717, 1.165) is 29.2 Å². The molecule has 19 heavy (non-hydrogen) atoms.